The Morgan fingerprint density at radius 1 is 1.21 bits per heavy atom. The van der Waals surface area contributed by atoms with Gasteiger partial charge in [-0.15, -0.1) is 5.10 Å². The number of carbonyl (C=O) groups excluding carboxylic acids is 1. The van der Waals surface area contributed by atoms with Gasteiger partial charge >= 0.3 is 6.18 Å². The van der Waals surface area contributed by atoms with Crippen LogP contribution in [-0.4, -0.2) is 32.0 Å². The molecule has 0 fully saturated rings. The molecule has 1 aliphatic rings. The maximum Gasteiger partial charge on any atom is 0.453 e. The number of halogens is 3. The van der Waals surface area contributed by atoms with Crippen LogP contribution in [0.3, 0.4) is 0 Å². The van der Waals surface area contributed by atoms with Crippen LogP contribution in [0.5, 0.6) is 0 Å². The molecule has 28 heavy (non-hydrogen) atoms. The number of fused-ring (bicyclic) bond motifs is 1. The van der Waals surface area contributed by atoms with E-state index in [1.54, 1.807) is 13.8 Å². The van der Waals surface area contributed by atoms with Gasteiger partial charge in [-0.25, -0.2) is 9.50 Å². The number of aromatic nitrogens is 4. The van der Waals surface area contributed by atoms with Crippen LogP contribution in [0, 0.1) is 13.8 Å². The van der Waals surface area contributed by atoms with Crippen LogP contribution in [0.15, 0.2) is 11.6 Å². The molecule has 1 N–H and O–H groups in total. The predicted molar refractivity (Wildman–Crippen MR) is 97.8 cm³/mol. The second-order valence-corrected chi connectivity index (χ2v) is 7.11. The Morgan fingerprint density at radius 3 is 2.68 bits per heavy atom. The van der Waals surface area contributed by atoms with Crippen LogP contribution in [-0.2, 0) is 17.4 Å². The first kappa shape index (κ1) is 20.3. The van der Waals surface area contributed by atoms with Crippen molar-refractivity contribution in [2.75, 3.05) is 6.54 Å². The lowest BCUT2D eigenvalue weighted by Crippen LogP contribution is -2.25. The van der Waals surface area contributed by atoms with Crippen molar-refractivity contribution in [1.82, 2.24) is 24.9 Å². The number of nitrogens with zero attached hydrogens (tertiary/aromatic N) is 4. The summed E-state index contributed by atoms with van der Waals surface area (Å²) in [5, 5.41) is 6.44. The number of aryl methyl sites for hydroxylation is 2. The van der Waals surface area contributed by atoms with Crippen molar-refractivity contribution in [3.63, 3.8) is 0 Å². The summed E-state index contributed by atoms with van der Waals surface area (Å²) >= 11 is 0. The van der Waals surface area contributed by atoms with E-state index in [1.165, 1.54) is 18.4 Å². The van der Waals surface area contributed by atoms with Crippen molar-refractivity contribution in [3.05, 3.63) is 34.4 Å². The highest BCUT2D eigenvalue weighted by Crippen LogP contribution is 2.27. The zero-order chi connectivity index (χ0) is 20.3. The zero-order valence-electron chi connectivity index (χ0n) is 16.1. The highest BCUT2D eigenvalue weighted by atomic mass is 19.4. The molecule has 2 heterocycles. The summed E-state index contributed by atoms with van der Waals surface area (Å²) in [6, 6.07) is 0. The monoisotopic (exact) mass is 395 g/mol. The number of nitrogens with one attached hydrogen (secondary N) is 1. The molecule has 0 radical (unpaired) electrons. The summed E-state index contributed by atoms with van der Waals surface area (Å²) in [4.78, 5) is 19.7. The van der Waals surface area contributed by atoms with Gasteiger partial charge in [-0.2, -0.15) is 18.2 Å². The third-order valence-electron chi connectivity index (χ3n) is 5.06. The minimum atomic E-state index is -4.62. The molecule has 9 heteroatoms. The standard InChI is InChI=1S/C19H24F3N5O/c1-12-15(8-9-16(28)23-11-10-14-6-4-3-5-7-14)13(2)27-18(24-12)25-17(26-27)19(20,21)22/h6H,3-5,7-11H2,1-2H3,(H,23,28). The van der Waals surface area contributed by atoms with Crippen LogP contribution < -0.4 is 5.32 Å². The molecule has 1 amide bonds. The molecule has 0 spiro atoms. The normalized spacial score (nSPS) is 15.0. The second kappa shape index (κ2) is 8.28. The average molecular weight is 395 g/mol. The Hall–Kier alpha value is -2.45. The van der Waals surface area contributed by atoms with Gasteiger partial charge in [0.2, 0.25) is 5.91 Å². The summed E-state index contributed by atoms with van der Waals surface area (Å²) in [5.74, 6) is -1.38. The van der Waals surface area contributed by atoms with Gasteiger partial charge in [-0.1, -0.05) is 11.6 Å². The maximum atomic E-state index is 12.8. The zero-order valence-corrected chi connectivity index (χ0v) is 16.1. The highest BCUT2D eigenvalue weighted by Gasteiger charge is 2.36. The Labute approximate surface area is 161 Å². The largest absolute Gasteiger partial charge is 0.453 e. The minimum absolute atomic E-state index is 0.0788. The van der Waals surface area contributed by atoms with Crippen molar-refractivity contribution < 1.29 is 18.0 Å². The van der Waals surface area contributed by atoms with Gasteiger partial charge in [-0.3, -0.25) is 4.79 Å². The molecular formula is C19H24F3N5O. The summed E-state index contributed by atoms with van der Waals surface area (Å²) in [6.45, 7) is 3.98. The minimum Gasteiger partial charge on any atom is -0.356 e. The molecule has 0 saturated heterocycles. The first-order valence-corrected chi connectivity index (χ1v) is 9.50. The van der Waals surface area contributed by atoms with Gasteiger partial charge in [0.25, 0.3) is 11.6 Å². The van der Waals surface area contributed by atoms with E-state index < -0.39 is 12.0 Å². The van der Waals surface area contributed by atoms with E-state index in [2.05, 4.69) is 26.5 Å². The number of rotatable bonds is 6. The third kappa shape index (κ3) is 4.69. The summed E-state index contributed by atoms with van der Waals surface area (Å²) in [7, 11) is 0. The Morgan fingerprint density at radius 2 is 2.00 bits per heavy atom. The summed E-state index contributed by atoms with van der Waals surface area (Å²) < 4.78 is 39.6. The van der Waals surface area contributed by atoms with Crippen molar-refractivity contribution in [3.8, 4) is 0 Å². The van der Waals surface area contributed by atoms with Crippen LogP contribution in [0.2, 0.25) is 0 Å². The number of hydrogen-bond acceptors (Lipinski definition) is 4. The molecule has 0 saturated carbocycles. The van der Waals surface area contributed by atoms with E-state index in [0.717, 1.165) is 29.3 Å². The first-order chi connectivity index (χ1) is 13.3. The van der Waals surface area contributed by atoms with Crippen LogP contribution >= 0.6 is 0 Å². The van der Waals surface area contributed by atoms with E-state index >= 15 is 0 Å². The van der Waals surface area contributed by atoms with Crippen molar-refractivity contribution in [2.24, 2.45) is 0 Å². The first-order valence-electron chi connectivity index (χ1n) is 9.50. The van der Waals surface area contributed by atoms with Crippen molar-refractivity contribution in [2.45, 2.75) is 65.0 Å². The number of carbonyl (C=O) groups is 1. The van der Waals surface area contributed by atoms with Crippen molar-refractivity contribution >= 4 is 11.7 Å². The molecular weight excluding hydrogens is 371 g/mol. The van der Waals surface area contributed by atoms with Gasteiger partial charge in [0.1, 0.15) is 0 Å². The topological polar surface area (TPSA) is 72.2 Å². The molecule has 0 aliphatic heterocycles. The van der Waals surface area contributed by atoms with Crippen molar-refractivity contribution in [1.29, 1.82) is 0 Å². The van der Waals surface area contributed by atoms with E-state index in [4.69, 9.17) is 0 Å². The summed E-state index contributed by atoms with van der Waals surface area (Å²) in [6.07, 6.45) is 3.82. The number of alkyl halides is 3. The maximum absolute atomic E-state index is 12.8. The van der Waals surface area contributed by atoms with Gasteiger partial charge in [-0.05, 0) is 57.9 Å². The Kier molecular flexibility index (Phi) is 6.00. The molecule has 0 bridgehead atoms. The fourth-order valence-corrected chi connectivity index (χ4v) is 3.51. The van der Waals surface area contributed by atoms with Crippen LogP contribution in [0.4, 0.5) is 13.2 Å². The van der Waals surface area contributed by atoms with E-state index in [-0.39, 0.29) is 18.1 Å². The molecule has 2 aromatic heterocycles. The molecule has 0 atom stereocenters. The number of amides is 1. The quantitative estimate of drug-likeness (QED) is 0.757. The molecule has 0 aromatic carbocycles. The number of hydrogen-bond donors (Lipinski definition) is 1. The van der Waals surface area contributed by atoms with Crippen LogP contribution in [0.25, 0.3) is 5.78 Å². The molecule has 0 unspecified atom stereocenters. The van der Waals surface area contributed by atoms with Crippen LogP contribution in [0.1, 0.15) is 61.3 Å². The highest BCUT2D eigenvalue weighted by molar-refractivity contribution is 5.76. The lowest BCUT2D eigenvalue weighted by atomic mass is 9.97. The molecule has 6 nitrogen and oxygen atoms in total. The SMILES string of the molecule is Cc1nc2nc(C(F)(F)F)nn2c(C)c1CCC(=O)NCCC1=CCCCC1. The van der Waals surface area contributed by atoms with E-state index in [1.807, 2.05) is 0 Å². The lowest BCUT2D eigenvalue weighted by Gasteiger charge is -2.13. The fourth-order valence-electron chi connectivity index (χ4n) is 3.51. The number of allylic oxidation sites excluding steroid dienone is 1. The molecule has 3 rings (SSSR count). The van der Waals surface area contributed by atoms with Gasteiger partial charge in [0, 0.05) is 24.4 Å². The predicted octanol–water partition coefficient (Wildman–Crippen LogP) is 3.70. The molecule has 152 valence electrons. The Balaban J connectivity index is 1.61. The molecule has 1 aliphatic carbocycles. The van der Waals surface area contributed by atoms with Gasteiger partial charge < -0.3 is 5.32 Å². The van der Waals surface area contributed by atoms with E-state index in [0.29, 0.717) is 24.4 Å². The molecule has 2 aromatic rings. The third-order valence-corrected chi connectivity index (χ3v) is 5.06. The van der Waals surface area contributed by atoms with Gasteiger partial charge in [0.15, 0.2) is 0 Å². The van der Waals surface area contributed by atoms with Gasteiger partial charge in [0.05, 0.1) is 0 Å². The Bertz CT molecular complexity index is 901. The second-order valence-electron chi connectivity index (χ2n) is 7.11. The lowest BCUT2D eigenvalue weighted by molar-refractivity contribution is -0.144. The summed E-state index contributed by atoms with van der Waals surface area (Å²) in [5.41, 5.74) is 3.20. The van der Waals surface area contributed by atoms with E-state index in [9.17, 15) is 18.0 Å². The fraction of sp³-hybridized carbons (Fsp3) is 0.579. The smallest absolute Gasteiger partial charge is 0.356 e. The average Bonchev–Trinajstić information content (AvgIpc) is 3.07.